The van der Waals surface area contributed by atoms with Crippen molar-refractivity contribution in [3.05, 3.63) is 494 Å². The zero-order valence-electron chi connectivity index (χ0n) is 83.6. The Hall–Kier alpha value is -18.2. The van der Waals surface area contributed by atoms with Gasteiger partial charge in [-0.25, -0.2) is 29.9 Å². The Bertz CT molecular complexity index is 10300. The molecule has 0 spiro atoms. The van der Waals surface area contributed by atoms with E-state index in [1.54, 1.807) is 0 Å². The summed E-state index contributed by atoms with van der Waals surface area (Å²) in [5.41, 5.74) is 41.7. The first-order chi connectivity index (χ1) is 73.0. The van der Waals surface area contributed by atoms with Crippen LogP contribution in [0.25, 0.3) is 243 Å². The zero-order valence-corrected chi connectivity index (χ0v) is 84.4. The van der Waals surface area contributed by atoms with Crippen molar-refractivity contribution in [2.24, 2.45) is 0 Å². The van der Waals surface area contributed by atoms with Crippen molar-refractivity contribution in [2.75, 3.05) is 0 Å². The minimum Gasteiger partial charge on any atom is -0.308 e. The molecule has 0 saturated carbocycles. The van der Waals surface area contributed by atoms with Crippen LogP contribution >= 0.6 is 11.3 Å². The SMILES string of the molecule is CC1(C)c2ccccc2-c2c(-c3ccccc3-n3c4ccccc4c4ccc5c(c43)C(C)(C)c3ccccc3-5)nc(-c3ccccc3)nc21.CC1(C)c2ccccc2-c2c(-c3ccccc3-n3c4ccccc4c4ccc5c6ccccc6n(-c6ccccc6)c5c43)nc(-c3ccccc3)nc21.CC1(C)c2ccccc2-c2c(-c3ccccc3-n3c4ccccc4c4ccc5c6ccccc6sc5c43)nc(-c3ccccc3)nc21. The third-order valence-electron chi connectivity index (χ3n) is 32.4. The number of para-hydroxylation sites is 8. The summed E-state index contributed by atoms with van der Waals surface area (Å²) in [6.07, 6.45) is 0. The molecule has 8 heterocycles. The molecule has 4 aliphatic carbocycles. The fraction of sp³-hybridized carbons (Fsp3) is 0.0870. The van der Waals surface area contributed by atoms with Gasteiger partial charge in [0.15, 0.2) is 17.5 Å². The molecule has 8 aromatic heterocycles. The molecule has 4 aliphatic rings. The van der Waals surface area contributed by atoms with Crippen molar-refractivity contribution < 1.29 is 0 Å². The highest BCUT2D eigenvalue weighted by atomic mass is 32.1. The Kier molecular flexibility index (Phi) is 19.5. The van der Waals surface area contributed by atoms with Crippen molar-refractivity contribution in [3.8, 4) is 135 Å². The van der Waals surface area contributed by atoms with Crippen LogP contribution < -0.4 is 0 Å². The van der Waals surface area contributed by atoms with Crippen LogP contribution in [0.15, 0.2) is 449 Å². The maximum Gasteiger partial charge on any atom is 0.160 e. The monoisotopic (exact) mass is 1930 g/mol. The Balaban J connectivity index is 0.000000105. The molecule has 31 rings (SSSR count). The number of benzene rings is 19. The second-order valence-corrected chi connectivity index (χ2v) is 43.2. The molecular formula is C138H98N10S. The van der Waals surface area contributed by atoms with Crippen LogP contribution in [-0.2, 0) is 21.7 Å². The average molecular weight is 1930 g/mol. The van der Waals surface area contributed by atoms with Gasteiger partial charge in [0.25, 0.3) is 0 Å². The van der Waals surface area contributed by atoms with E-state index >= 15 is 0 Å². The summed E-state index contributed by atoms with van der Waals surface area (Å²) in [4.78, 5) is 32.5. The molecule has 0 amide bonds. The van der Waals surface area contributed by atoms with E-state index in [9.17, 15) is 0 Å². The maximum absolute atomic E-state index is 5.51. The first-order valence-electron chi connectivity index (χ1n) is 51.6. The fourth-order valence-corrected chi connectivity index (χ4v) is 26.8. The summed E-state index contributed by atoms with van der Waals surface area (Å²) >= 11 is 1.88. The van der Waals surface area contributed by atoms with Crippen LogP contribution in [0.3, 0.4) is 0 Å². The van der Waals surface area contributed by atoms with Gasteiger partial charge in [-0.05, 0) is 116 Å². The number of aromatic nitrogens is 10. The van der Waals surface area contributed by atoms with Gasteiger partial charge in [0.1, 0.15) is 0 Å². The first kappa shape index (κ1) is 87.4. The second kappa shape index (κ2) is 33.2. The number of fused-ring (bicyclic) bond motifs is 30. The van der Waals surface area contributed by atoms with Gasteiger partial charge in [-0.15, -0.1) is 11.3 Å². The Morgan fingerprint density at radius 1 is 0.195 bits per heavy atom. The van der Waals surface area contributed by atoms with Gasteiger partial charge in [0.2, 0.25) is 0 Å². The molecule has 706 valence electrons. The molecule has 0 unspecified atom stereocenters. The Labute approximate surface area is 866 Å². The van der Waals surface area contributed by atoms with Crippen LogP contribution in [0.2, 0.25) is 0 Å². The number of nitrogens with zero attached hydrogens (tertiary/aromatic N) is 10. The molecular weight excluding hydrogens is 1830 g/mol. The molecule has 0 aliphatic heterocycles. The molecule has 149 heavy (non-hydrogen) atoms. The van der Waals surface area contributed by atoms with Crippen molar-refractivity contribution in [3.63, 3.8) is 0 Å². The highest BCUT2D eigenvalue weighted by Gasteiger charge is 2.46. The van der Waals surface area contributed by atoms with Crippen LogP contribution in [0.4, 0.5) is 0 Å². The third kappa shape index (κ3) is 12.9. The molecule has 0 N–H and O–H groups in total. The van der Waals surface area contributed by atoms with Crippen molar-refractivity contribution >= 4 is 119 Å². The second-order valence-electron chi connectivity index (χ2n) is 42.1. The lowest BCUT2D eigenvalue weighted by atomic mass is 9.81. The lowest BCUT2D eigenvalue weighted by Crippen LogP contribution is -2.18. The summed E-state index contributed by atoms with van der Waals surface area (Å²) in [5, 5.41) is 12.5. The summed E-state index contributed by atoms with van der Waals surface area (Å²) in [6, 6.07) is 162. The minimum absolute atomic E-state index is 0.174. The van der Waals surface area contributed by atoms with Gasteiger partial charge in [-0.2, -0.15) is 0 Å². The van der Waals surface area contributed by atoms with E-state index in [2.05, 4.69) is 504 Å². The lowest BCUT2D eigenvalue weighted by Gasteiger charge is -2.24. The molecule has 0 bridgehead atoms. The van der Waals surface area contributed by atoms with Crippen LogP contribution in [0.5, 0.6) is 0 Å². The lowest BCUT2D eigenvalue weighted by molar-refractivity contribution is 0.636. The normalized spacial score (nSPS) is 13.9. The summed E-state index contributed by atoms with van der Waals surface area (Å²) in [6.45, 7) is 18.5. The molecule has 0 radical (unpaired) electrons. The summed E-state index contributed by atoms with van der Waals surface area (Å²) in [5.74, 6) is 2.25. The number of rotatable bonds is 10. The average Bonchev–Trinajstić information content (AvgIpc) is 1.53. The number of hydrogen-bond acceptors (Lipinski definition) is 7. The predicted molar refractivity (Wildman–Crippen MR) is 619 cm³/mol. The van der Waals surface area contributed by atoms with E-state index in [0.29, 0.717) is 0 Å². The standard InChI is InChI=1S/C49H34N4.C46H35N3.C43H29N3S/c1-49(2)39-25-13-9-23-37(39)43-44(50-48(51-47(43)49)31-17-5-3-6-18-31)38-24-12-16-28-42(38)53-41-27-15-11-22-34(41)36-30-29-35-33-21-10-14-26-40(33)52(45(35)46(36)53)32-19-7-4-8-20-32;1-45(2)35-22-12-8-18-29(35)31-26-27-32-30-19-10-14-24-37(30)49(42(32)40(31)45)38-25-15-11-21-34(38)41-39-33-20-9-13-23-36(33)46(3,4)43(39)48-44(47-41)28-16-6-5-7-17-28;1-43(2)33-20-10-6-18-31(33)37-38(44-42(45-41(37)43)26-14-4-3-5-15-26)32-19-8-12-22-35(32)46-34-21-11-7-16-27(34)29-24-25-30-28-17-9-13-23-36(28)47-40(30)39(29)46/h3-30H,1-2H3;5-27H,1-4H3;3-25H,1-2H3. The van der Waals surface area contributed by atoms with E-state index in [1.807, 2.05) is 29.5 Å². The molecule has 0 fully saturated rings. The Morgan fingerprint density at radius 2 is 0.477 bits per heavy atom. The molecule has 0 saturated heterocycles. The fourth-order valence-electron chi connectivity index (χ4n) is 25.6. The van der Waals surface area contributed by atoms with Gasteiger partial charge >= 0.3 is 0 Å². The molecule has 27 aromatic rings. The Morgan fingerprint density at radius 3 is 0.886 bits per heavy atom. The van der Waals surface area contributed by atoms with Gasteiger partial charge in [-0.1, -0.05) is 444 Å². The molecule has 19 aromatic carbocycles. The largest absolute Gasteiger partial charge is 0.308 e. The van der Waals surface area contributed by atoms with Gasteiger partial charge in [0.05, 0.1) is 100 Å². The third-order valence-corrected chi connectivity index (χ3v) is 33.6. The van der Waals surface area contributed by atoms with E-state index in [-0.39, 0.29) is 21.7 Å². The van der Waals surface area contributed by atoms with Crippen LogP contribution in [0, 0.1) is 0 Å². The highest BCUT2D eigenvalue weighted by molar-refractivity contribution is 7.26. The maximum atomic E-state index is 5.51. The van der Waals surface area contributed by atoms with E-state index < -0.39 is 0 Å². The number of hydrogen-bond donors (Lipinski definition) is 0. The molecule has 11 heteroatoms. The first-order valence-corrected chi connectivity index (χ1v) is 52.4. The zero-order chi connectivity index (χ0) is 99.6. The van der Waals surface area contributed by atoms with Gasteiger partial charge in [0, 0.05) is 136 Å². The van der Waals surface area contributed by atoms with E-state index in [4.69, 9.17) is 29.9 Å². The molecule has 10 nitrogen and oxygen atoms in total. The van der Waals surface area contributed by atoms with Gasteiger partial charge in [-0.3, -0.25) is 0 Å². The van der Waals surface area contributed by atoms with E-state index in [1.165, 1.54) is 158 Å². The smallest absolute Gasteiger partial charge is 0.160 e. The molecule has 0 atom stereocenters. The topological polar surface area (TPSA) is 97.1 Å². The van der Waals surface area contributed by atoms with Crippen molar-refractivity contribution in [1.82, 2.24) is 48.2 Å². The quantitative estimate of drug-likeness (QED) is 0.135. The predicted octanol–water partition coefficient (Wildman–Crippen LogP) is 35.4. The minimum atomic E-state index is -0.294. The van der Waals surface area contributed by atoms with Crippen LogP contribution in [-0.4, -0.2) is 48.2 Å². The van der Waals surface area contributed by atoms with Crippen molar-refractivity contribution in [1.29, 1.82) is 0 Å². The highest BCUT2D eigenvalue weighted by Crippen LogP contribution is 2.60. The van der Waals surface area contributed by atoms with Crippen molar-refractivity contribution in [2.45, 2.75) is 77.0 Å². The van der Waals surface area contributed by atoms with Gasteiger partial charge < -0.3 is 18.3 Å². The summed E-state index contributed by atoms with van der Waals surface area (Å²) in [7, 11) is 0. The number of thiophene rings is 1. The van der Waals surface area contributed by atoms with E-state index in [0.717, 1.165) is 130 Å². The summed E-state index contributed by atoms with van der Waals surface area (Å²) < 4.78 is 12.6. The van der Waals surface area contributed by atoms with Crippen LogP contribution in [0.1, 0.15) is 100 Å².